The van der Waals surface area contributed by atoms with Crippen LogP contribution in [-0.2, 0) is 63.9 Å². The van der Waals surface area contributed by atoms with Crippen molar-refractivity contribution in [3.8, 4) is 0 Å². The summed E-state index contributed by atoms with van der Waals surface area (Å²) in [4.78, 5) is 46.6. The predicted octanol–water partition coefficient (Wildman–Crippen LogP) is 27.6. The molecule has 0 amide bonds. The largest absolute Gasteiger partial charge is 2.00 e. The molecular weight excluding hydrogens is 1350 g/mol. The minimum absolute atomic E-state index is 0. The first-order valence-electron chi connectivity index (χ1n) is 39.3. The third-order valence-corrected chi connectivity index (χ3v) is 18.5. The molecule has 0 heterocycles. The Morgan fingerprint density at radius 2 is 0.333 bits per heavy atom. The molecule has 0 saturated heterocycles. The zero-order valence-electron chi connectivity index (χ0n) is 62.9. The van der Waals surface area contributed by atoms with E-state index in [0.717, 1.165) is 51.9 Å². The molecule has 0 aliphatic rings. The van der Waals surface area contributed by atoms with Crippen molar-refractivity contribution in [2.75, 3.05) is 26.2 Å². The summed E-state index contributed by atoms with van der Waals surface area (Å²) < 4.78 is 1.27. The molecule has 0 saturated carbocycles. The third-order valence-electron chi connectivity index (χ3n) is 16.6. The van der Waals surface area contributed by atoms with Crippen molar-refractivity contribution in [2.24, 2.45) is 0 Å². The van der Waals surface area contributed by atoms with Crippen LogP contribution in [0, 0.1) is 0 Å². The second kappa shape index (κ2) is 99.3. The van der Waals surface area contributed by atoms with E-state index < -0.39 is 0 Å². The van der Waals surface area contributed by atoms with E-state index in [1.807, 2.05) is 0 Å². The van der Waals surface area contributed by atoms with Gasteiger partial charge in [-0.15, -0.1) is 50.5 Å². The maximum Gasteiger partial charge on any atom is 2.00 e. The first-order valence-corrected chi connectivity index (χ1v) is 42.7. The molecular formula is C78H156N2O4S8Zn. The quantitative estimate of drug-likeness (QED) is 0.0156. The van der Waals surface area contributed by atoms with Gasteiger partial charge in [0.2, 0.25) is 0 Å². The normalized spacial score (nSPS) is 10.4. The Kier molecular flexibility index (Phi) is 115. The minimum atomic E-state index is 0. The van der Waals surface area contributed by atoms with Crippen LogP contribution in [0.2, 0.25) is 0 Å². The van der Waals surface area contributed by atoms with Gasteiger partial charge < -0.3 is 59.5 Å². The van der Waals surface area contributed by atoms with Crippen LogP contribution in [0.5, 0.6) is 0 Å². The molecule has 6 nitrogen and oxygen atoms in total. The Labute approximate surface area is 639 Å². The van der Waals surface area contributed by atoms with Gasteiger partial charge in [-0.05, 0) is 51.4 Å². The standard InChI is InChI=1S/4C15H30OS.2C9H19NS2.Zn/c4*1-2-3-4-5-6-7-8-9-10-11-12-13-14-15(16)17;2*1-3-5-7-10(9(11)12)8-6-4-2;/h4*2-14H2,1H3,(H,16,17);2*3-8H2,1-2H3,(H,11,12);/q;;;;;;+2/p-2. The van der Waals surface area contributed by atoms with Crippen LogP contribution < -0.4 is 0 Å². The van der Waals surface area contributed by atoms with E-state index in [0.29, 0.717) is 34.3 Å². The molecule has 0 aromatic rings. The van der Waals surface area contributed by atoms with Crippen molar-refractivity contribution in [3.63, 3.8) is 0 Å². The van der Waals surface area contributed by atoms with Gasteiger partial charge in [-0.1, -0.05) is 372 Å². The van der Waals surface area contributed by atoms with Crippen LogP contribution in [0.1, 0.15) is 441 Å². The average Bonchev–Trinajstić information content (AvgIpc) is 3.54. The number of unbranched alkanes of at least 4 members (excludes halogenated alkanes) is 48. The molecule has 0 atom stereocenters. The Morgan fingerprint density at radius 1 is 0.226 bits per heavy atom. The van der Waals surface area contributed by atoms with Crippen LogP contribution in [0.25, 0.3) is 0 Å². The second-order valence-electron chi connectivity index (χ2n) is 26.1. The number of thiol groups is 4. The van der Waals surface area contributed by atoms with E-state index in [1.165, 1.54) is 334 Å². The molecule has 0 aromatic heterocycles. The molecule has 0 spiro atoms. The number of carbonyl (C=O) groups excluding carboxylic acids is 4. The minimum Gasteiger partial charge on any atom is -0.411 e. The van der Waals surface area contributed by atoms with Gasteiger partial charge in [0.25, 0.3) is 0 Å². The molecule has 0 aliphatic heterocycles. The number of hydrogen-bond acceptors (Lipinski definition) is 8. The van der Waals surface area contributed by atoms with Gasteiger partial charge in [0.1, 0.15) is 0 Å². The van der Waals surface area contributed by atoms with Crippen molar-refractivity contribution in [2.45, 2.75) is 441 Å². The number of thiocarbonyl (C=S) groups is 2. The van der Waals surface area contributed by atoms with E-state index in [-0.39, 0.29) is 39.9 Å². The van der Waals surface area contributed by atoms with Crippen LogP contribution >= 0.6 is 75.0 Å². The fourth-order valence-corrected chi connectivity index (χ4v) is 11.8. The zero-order chi connectivity index (χ0) is 69.9. The Morgan fingerprint density at radius 3 is 0.430 bits per heavy atom. The summed E-state index contributed by atoms with van der Waals surface area (Å²) in [5, 5.41) is 0.156. The molecule has 0 aliphatic carbocycles. The summed E-state index contributed by atoms with van der Waals surface area (Å²) in [5.74, 6) is 0. The number of hydrogen-bond donors (Lipinski definition) is 4. The molecule has 0 fully saturated rings. The predicted molar refractivity (Wildman–Crippen MR) is 441 cm³/mol. The third kappa shape index (κ3) is 117. The summed E-state index contributed by atoms with van der Waals surface area (Å²) in [6, 6.07) is 0. The molecule has 0 radical (unpaired) electrons. The van der Waals surface area contributed by atoms with Crippen LogP contribution in [0.3, 0.4) is 0 Å². The Hall–Kier alpha value is 0.923. The van der Waals surface area contributed by atoms with E-state index in [1.54, 1.807) is 0 Å². The smallest absolute Gasteiger partial charge is 0.411 e. The van der Waals surface area contributed by atoms with Crippen LogP contribution in [-0.4, -0.2) is 65.1 Å². The van der Waals surface area contributed by atoms with E-state index in [4.69, 9.17) is 49.7 Å². The molecule has 15 heteroatoms. The van der Waals surface area contributed by atoms with Crippen molar-refractivity contribution in [1.29, 1.82) is 0 Å². The monoisotopic (exact) mass is 1500 g/mol. The van der Waals surface area contributed by atoms with Crippen LogP contribution in [0.15, 0.2) is 0 Å². The molecule has 0 aromatic carbocycles. The van der Waals surface area contributed by atoms with E-state index in [2.05, 4.69) is 116 Å². The molecule has 0 unspecified atom stereocenters. The molecule has 0 N–H and O–H groups in total. The summed E-state index contributed by atoms with van der Waals surface area (Å²) in [6.07, 6.45) is 76.5. The fraction of sp³-hybridized carbons (Fsp3) is 0.923. The van der Waals surface area contributed by atoms with Gasteiger partial charge in [-0.2, -0.15) is 0 Å². The number of rotatable bonds is 64. The Bertz CT molecular complexity index is 1290. The van der Waals surface area contributed by atoms with E-state index in [9.17, 15) is 19.2 Å². The molecule has 552 valence electrons. The van der Waals surface area contributed by atoms with Gasteiger partial charge in [-0.25, -0.2) is 0 Å². The van der Waals surface area contributed by atoms with E-state index >= 15 is 0 Å². The summed E-state index contributed by atoms with van der Waals surface area (Å²) in [6.45, 7) is 22.0. The molecule has 0 rings (SSSR count). The van der Waals surface area contributed by atoms with Gasteiger partial charge >= 0.3 is 19.5 Å². The summed E-state index contributed by atoms with van der Waals surface area (Å²) in [7, 11) is 0. The van der Waals surface area contributed by atoms with Crippen molar-refractivity contribution >= 4 is 129 Å². The number of carbonyl (C=O) groups is 4. The first-order chi connectivity index (χ1) is 44.5. The SMILES string of the molecule is CCCCCCCCCCCCCCC(=O)S.CCCCCCCCCCCCCCC(=O)S.CCCCCCCCCCCCCCC(=O)S.CCCCCCCCCCCCCCC(=O)S.CCCCN(CCCC)C(=S)[S-].CCCCN(CCCC)C(=S)[S-].[Zn+2]. The average molecular weight is 1510 g/mol. The number of nitrogens with zero attached hydrogens (tertiary/aromatic N) is 2. The van der Waals surface area contributed by atoms with Crippen molar-refractivity contribution in [3.05, 3.63) is 0 Å². The van der Waals surface area contributed by atoms with Gasteiger partial charge in [0, 0.05) is 51.9 Å². The van der Waals surface area contributed by atoms with Crippen molar-refractivity contribution < 1.29 is 38.7 Å². The second-order valence-corrected chi connectivity index (χ2v) is 30.1. The molecule has 0 bridgehead atoms. The van der Waals surface area contributed by atoms with Crippen LogP contribution in [0.4, 0.5) is 0 Å². The summed E-state index contributed by atoms with van der Waals surface area (Å²) >= 11 is 35.0. The topological polar surface area (TPSA) is 74.8 Å². The Balaban J connectivity index is -0.000000192. The summed E-state index contributed by atoms with van der Waals surface area (Å²) in [5.41, 5.74) is 0. The fourth-order valence-electron chi connectivity index (χ4n) is 10.5. The zero-order valence-corrected chi connectivity index (χ0v) is 72.7. The maximum absolute atomic E-state index is 10.6. The van der Waals surface area contributed by atoms with Gasteiger partial charge in [0.05, 0.1) is 0 Å². The van der Waals surface area contributed by atoms with Gasteiger partial charge in [-0.3, -0.25) is 19.2 Å². The first kappa shape index (κ1) is 107. The molecule has 93 heavy (non-hydrogen) atoms. The van der Waals surface area contributed by atoms with Gasteiger partial charge in [0.15, 0.2) is 20.5 Å². The maximum atomic E-state index is 10.6. The van der Waals surface area contributed by atoms with Crippen molar-refractivity contribution in [1.82, 2.24) is 9.80 Å².